The molecule has 506 valence electrons. The zero-order chi connectivity index (χ0) is 70.7. The first kappa shape index (κ1) is 65.6. The van der Waals surface area contributed by atoms with E-state index in [0.717, 1.165) is 130 Å². The summed E-state index contributed by atoms with van der Waals surface area (Å²) < 4.78 is 8.94. The fourth-order valence-corrected chi connectivity index (χ4v) is 14.3. The Morgan fingerprint density at radius 3 is 0.846 bits per heavy atom. The number of hydrogen-bond donors (Lipinski definition) is 0. The Hall–Kier alpha value is -13.0. The first-order valence-corrected chi connectivity index (χ1v) is 35.7. The van der Waals surface area contributed by atoms with E-state index in [2.05, 4.69) is 452 Å². The lowest BCUT2D eigenvalue weighted by atomic mass is 9.86. The molecule has 0 aliphatic carbocycles. The van der Waals surface area contributed by atoms with Gasteiger partial charge in [-0.3, -0.25) is 0 Å². The fourth-order valence-electron chi connectivity index (χ4n) is 14.3. The van der Waals surface area contributed by atoms with E-state index in [1.165, 1.54) is 11.1 Å². The zero-order valence-electron chi connectivity index (χ0n) is 59.4. The summed E-state index contributed by atoms with van der Waals surface area (Å²) in [6, 6.07) is 133. The maximum atomic E-state index is 6.59. The van der Waals surface area contributed by atoms with Gasteiger partial charge in [-0.15, -0.1) is 0 Å². The van der Waals surface area contributed by atoms with Crippen LogP contribution in [0.3, 0.4) is 0 Å². The smallest absolute Gasteiger partial charge is 0.136 e. The van der Waals surface area contributed by atoms with Crippen LogP contribution in [0.5, 0.6) is 0 Å². The second kappa shape index (κ2) is 28.2. The third-order valence-corrected chi connectivity index (χ3v) is 19.4. The highest BCUT2D eigenvalue weighted by Gasteiger charge is 2.29. The summed E-state index contributed by atoms with van der Waals surface area (Å²) in [6.07, 6.45) is 4.25. The number of aromatic nitrogens is 1. The molecule has 0 amide bonds. The van der Waals surface area contributed by atoms with E-state index in [9.17, 15) is 0 Å². The second-order valence-electron chi connectivity index (χ2n) is 28.4. The van der Waals surface area contributed by atoms with E-state index in [4.69, 9.17) is 4.42 Å². The molecule has 0 aliphatic heterocycles. The largest absolute Gasteiger partial charge is 0.462 e. The Morgan fingerprint density at radius 1 is 0.231 bits per heavy atom. The monoisotopic (exact) mass is 1350 g/mol. The summed E-state index contributed by atoms with van der Waals surface area (Å²) in [5.41, 5.74) is 22.9. The van der Waals surface area contributed by atoms with Crippen molar-refractivity contribution in [3.8, 4) is 5.69 Å². The Bertz CT molecular complexity index is 5510. The van der Waals surface area contributed by atoms with Gasteiger partial charge in [0.2, 0.25) is 0 Å². The SMILES string of the molecule is CC(C)(C)c1ccc2occ(N(c3ccccc3)c3cc(N(c4ccccc4)c4ccccc4)cc(N(c4ccccc4)c4cccc(N(c5ccccc5)c5cc(N(c6ccccc6)c6ccccc6)cc(N(c6ccccc6)c6cn(-c7ccccc7)c7ccc(C(C)(C)C)cc67)c5)c4)c3)c2c1. The van der Waals surface area contributed by atoms with Gasteiger partial charge in [-0.1, -0.05) is 224 Å². The molecule has 14 aromatic carbocycles. The van der Waals surface area contributed by atoms with Crippen molar-refractivity contribution in [1.82, 2.24) is 4.57 Å². The van der Waals surface area contributed by atoms with Crippen LogP contribution in [0.4, 0.5) is 102 Å². The number of rotatable bonds is 19. The topological polar surface area (TPSA) is 37.5 Å². The van der Waals surface area contributed by atoms with Gasteiger partial charge in [-0.05, 0) is 210 Å². The molecule has 8 nitrogen and oxygen atoms in total. The third-order valence-electron chi connectivity index (χ3n) is 19.4. The van der Waals surface area contributed by atoms with Crippen LogP contribution < -0.4 is 29.4 Å². The Balaban J connectivity index is 0.951. The number of para-hydroxylation sites is 9. The highest BCUT2D eigenvalue weighted by atomic mass is 16.3. The first-order valence-electron chi connectivity index (χ1n) is 35.7. The number of furan rings is 1. The number of anilines is 18. The molecule has 0 saturated carbocycles. The van der Waals surface area contributed by atoms with Gasteiger partial charge in [0.25, 0.3) is 0 Å². The van der Waals surface area contributed by atoms with E-state index >= 15 is 0 Å². The lowest BCUT2D eigenvalue weighted by molar-refractivity contribution is 0.589. The van der Waals surface area contributed by atoms with E-state index < -0.39 is 0 Å². The molecular weight excluding hydrogens is 1270 g/mol. The van der Waals surface area contributed by atoms with Crippen LogP contribution in [0.1, 0.15) is 52.7 Å². The van der Waals surface area contributed by atoms with Gasteiger partial charge >= 0.3 is 0 Å². The summed E-state index contributed by atoms with van der Waals surface area (Å²) in [4.78, 5) is 14.4. The van der Waals surface area contributed by atoms with E-state index in [1.807, 2.05) is 6.26 Å². The van der Waals surface area contributed by atoms with Gasteiger partial charge < -0.3 is 38.4 Å². The van der Waals surface area contributed by atoms with Crippen molar-refractivity contribution >= 4 is 124 Å². The molecule has 0 aliphatic rings. The normalized spacial score (nSPS) is 11.6. The summed E-state index contributed by atoms with van der Waals surface area (Å²) >= 11 is 0. The molecule has 0 bridgehead atoms. The highest BCUT2D eigenvalue weighted by Crippen LogP contribution is 2.52. The van der Waals surface area contributed by atoms with Crippen molar-refractivity contribution < 1.29 is 4.42 Å². The van der Waals surface area contributed by atoms with Crippen molar-refractivity contribution in [2.45, 2.75) is 52.4 Å². The lowest BCUT2D eigenvalue weighted by Crippen LogP contribution is -2.17. The van der Waals surface area contributed by atoms with Crippen molar-refractivity contribution in [2.24, 2.45) is 0 Å². The molecule has 0 fully saturated rings. The molecule has 0 unspecified atom stereocenters. The molecule has 0 spiro atoms. The molecule has 2 aromatic heterocycles. The number of hydrogen-bond acceptors (Lipinski definition) is 7. The summed E-state index contributed by atoms with van der Waals surface area (Å²) in [5, 5.41) is 2.16. The lowest BCUT2D eigenvalue weighted by Gasteiger charge is -2.34. The average Bonchev–Trinajstić information content (AvgIpc) is 1.55. The Morgan fingerprint density at radius 2 is 0.500 bits per heavy atom. The Kier molecular flexibility index (Phi) is 17.8. The van der Waals surface area contributed by atoms with Crippen molar-refractivity contribution in [2.75, 3.05) is 29.4 Å². The van der Waals surface area contributed by atoms with Gasteiger partial charge in [0.1, 0.15) is 11.8 Å². The molecule has 16 rings (SSSR count). The summed E-state index contributed by atoms with van der Waals surface area (Å²) in [6.45, 7) is 13.7. The van der Waals surface area contributed by atoms with Gasteiger partial charge in [0, 0.05) is 79.5 Å². The third kappa shape index (κ3) is 13.2. The minimum Gasteiger partial charge on any atom is -0.462 e. The van der Waals surface area contributed by atoms with Gasteiger partial charge in [0.15, 0.2) is 0 Å². The van der Waals surface area contributed by atoms with Gasteiger partial charge in [-0.2, -0.15) is 0 Å². The number of fused-ring (bicyclic) bond motifs is 2. The fraction of sp³-hybridized carbons (Fsp3) is 0.0833. The van der Waals surface area contributed by atoms with Gasteiger partial charge in [0.05, 0.1) is 51.0 Å². The van der Waals surface area contributed by atoms with Crippen molar-refractivity contribution in [1.29, 1.82) is 0 Å². The Labute approximate surface area is 610 Å². The minimum atomic E-state index is -0.123. The van der Waals surface area contributed by atoms with Crippen LogP contribution in [-0.2, 0) is 10.8 Å². The molecule has 0 N–H and O–H groups in total. The van der Waals surface area contributed by atoms with E-state index in [-0.39, 0.29) is 10.8 Å². The average molecular weight is 1350 g/mol. The minimum absolute atomic E-state index is 0.111. The van der Waals surface area contributed by atoms with Crippen molar-refractivity contribution in [3.63, 3.8) is 0 Å². The van der Waals surface area contributed by atoms with Gasteiger partial charge in [-0.25, -0.2) is 0 Å². The molecule has 16 aromatic rings. The summed E-state index contributed by atoms with van der Waals surface area (Å²) in [5.74, 6) is 0. The van der Waals surface area contributed by atoms with Crippen molar-refractivity contribution in [3.05, 3.63) is 394 Å². The standard InChI is InChI=1S/C96H81N7O/c1-95(2,3)70-55-57-91-89(59-70)92(68-97(91)72-35-16-7-17-36-72)102(79-49-30-14-31-50-79)87-64-83(98(73-37-18-8-19-38-73)74-39-20-9-21-40-74)62-85(66-87)100(77-45-26-12-27-46-77)81-53-34-54-82(61-81)101(78-47-28-13-29-48-78)86-63-84(99(75-41-22-10-23-42-75)76-43-24-11-25-44-76)65-88(67-86)103(80-51-32-15-33-52-80)93-69-104-94-58-56-71(60-90(93)94)96(4,5)6/h7-69H,1-6H3. The summed E-state index contributed by atoms with van der Waals surface area (Å²) in [7, 11) is 0. The first-order chi connectivity index (χ1) is 50.9. The molecule has 104 heavy (non-hydrogen) atoms. The molecule has 2 heterocycles. The maximum absolute atomic E-state index is 6.59. The molecule has 8 heteroatoms. The van der Waals surface area contributed by atoms with Crippen LogP contribution >= 0.6 is 0 Å². The van der Waals surface area contributed by atoms with Crippen LogP contribution in [-0.4, -0.2) is 4.57 Å². The van der Waals surface area contributed by atoms with Crippen LogP contribution in [0.2, 0.25) is 0 Å². The van der Waals surface area contributed by atoms with Crippen LogP contribution in [0.15, 0.2) is 387 Å². The molecule has 0 atom stereocenters. The van der Waals surface area contributed by atoms with Crippen LogP contribution in [0, 0.1) is 0 Å². The number of nitrogens with zero attached hydrogens (tertiary/aromatic N) is 7. The zero-order valence-corrected chi connectivity index (χ0v) is 59.4. The predicted molar refractivity (Wildman–Crippen MR) is 439 cm³/mol. The van der Waals surface area contributed by atoms with Crippen LogP contribution in [0.25, 0.3) is 27.6 Å². The number of benzene rings is 14. The maximum Gasteiger partial charge on any atom is 0.136 e. The van der Waals surface area contributed by atoms with E-state index in [0.29, 0.717) is 0 Å². The highest BCUT2D eigenvalue weighted by molar-refractivity contribution is 6.03. The van der Waals surface area contributed by atoms with E-state index in [1.54, 1.807) is 0 Å². The molecular formula is C96H81N7O. The predicted octanol–water partition coefficient (Wildman–Crippen LogP) is 27.8. The molecule has 0 radical (unpaired) electrons. The quantitative estimate of drug-likeness (QED) is 0.0799. The second-order valence-corrected chi connectivity index (χ2v) is 28.4. The molecule has 0 saturated heterocycles.